The van der Waals surface area contributed by atoms with Gasteiger partial charge in [0, 0.05) is 0 Å². The number of aromatic amines is 1. The van der Waals surface area contributed by atoms with E-state index >= 15 is 0 Å². The van der Waals surface area contributed by atoms with Crippen LogP contribution in [0.4, 0.5) is 0 Å². The molecule has 2 rings (SSSR count). The lowest BCUT2D eigenvalue weighted by molar-refractivity contribution is -0.144. The van der Waals surface area contributed by atoms with E-state index in [1.165, 1.54) is 0 Å². The molecule has 0 aliphatic carbocycles. The van der Waals surface area contributed by atoms with Crippen LogP contribution in [0.25, 0.3) is 11.0 Å². The summed E-state index contributed by atoms with van der Waals surface area (Å²) in [5.74, 6) is -0.567. The van der Waals surface area contributed by atoms with Gasteiger partial charge in [-0.05, 0) is 19.1 Å². The number of nitrogens with zero attached hydrogens (tertiary/aromatic N) is 1. The highest BCUT2D eigenvalue weighted by Crippen LogP contribution is 2.34. The fourth-order valence-electron chi connectivity index (χ4n) is 1.42. The Morgan fingerprint density at radius 3 is 2.82 bits per heavy atom. The Hall–Kier alpha value is -1.26. The zero-order valence-corrected chi connectivity index (χ0v) is 10.5. The maximum absolute atomic E-state index is 11.6. The molecule has 0 atom stereocenters. The normalized spacial score (nSPS) is 11.7. The number of hydrogen-bond donors (Lipinski definition) is 1. The van der Waals surface area contributed by atoms with E-state index in [9.17, 15) is 4.79 Å². The van der Waals surface area contributed by atoms with Gasteiger partial charge in [-0.3, -0.25) is 0 Å². The first-order valence-electron chi connectivity index (χ1n) is 5.06. The number of nitrogens with one attached hydrogen (secondary N) is 1. The molecule has 0 aliphatic rings. The lowest BCUT2D eigenvalue weighted by Crippen LogP contribution is -2.27. The number of benzene rings is 1. The molecule has 0 aliphatic heterocycles. The SMILES string of the molecule is CCOC(=O)C(Cl)(Cl)c1nc2ccccc2[nH]1. The molecule has 6 heteroatoms. The first-order valence-corrected chi connectivity index (χ1v) is 5.81. The third-order valence-electron chi connectivity index (χ3n) is 2.22. The summed E-state index contributed by atoms with van der Waals surface area (Å²) in [6, 6.07) is 7.30. The standard InChI is InChI=1S/C11H10Cl2N2O2/c1-2-17-10(16)11(12,13)9-14-7-5-3-4-6-8(7)15-9/h3-6H,2H2,1H3,(H,14,15). The summed E-state index contributed by atoms with van der Waals surface area (Å²) in [6.45, 7) is 1.89. The molecule has 0 fully saturated rings. The highest BCUT2D eigenvalue weighted by atomic mass is 35.5. The third-order valence-corrected chi connectivity index (χ3v) is 2.89. The van der Waals surface area contributed by atoms with Crippen LogP contribution in [-0.4, -0.2) is 22.5 Å². The van der Waals surface area contributed by atoms with Gasteiger partial charge in [0.05, 0.1) is 17.6 Å². The number of esters is 1. The molecule has 0 unspecified atom stereocenters. The summed E-state index contributed by atoms with van der Waals surface area (Å²) in [4.78, 5) is 18.7. The minimum Gasteiger partial charge on any atom is -0.463 e. The van der Waals surface area contributed by atoms with Crippen molar-refractivity contribution < 1.29 is 9.53 Å². The van der Waals surface area contributed by atoms with Gasteiger partial charge in [0.1, 0.15) is 0 Å². The second-order valence-corrected chi connectivity index (χ2v) is 4.72. The molecule has 0 saturated heterocycles. The molecular formula is C11H10Cl2N2O2. The van der Waals surface area contributed by atoms with Crippen molar-refractivity contribution in [2.75, 3.05) is 6.61 Å². The summed E-state index contributed by atoms with van der Waals surface area (Å²) in [6.07, 6.45) is 0. The van der Waals surface area contributed by atoms with Gasteiger partial charge < -0.3 is 9.72 Å². The number of fused-ring (bicyclic) bond motifs is 1. The molecule has 1 aromatic heterocycles. The van der Waals surface area contributed by atoms with Crippen molar-refractivity contribution in [3.8, 4) is 0 Å². The van der Waals surface area contributed by atoms with Crippen molar-refractivity contribution >= 4 is 40.2 Å². The van der Waals surface area contributed by atoms with E-state index in [1.807, 2.05) is 18.2 Å². The number of carbonyl (C=O) groups is 1. The van der Waals surface area contributed by atoms with Gasteiger partial charge in [0.2, 0.25) is 0 Å². The van der Waals surface area contributed by atoms with Crippen molar-refractivity contribution in [3.05, 3.63) is 30.1 Å². The molecule has 0 saturated carbocycles. The van der Waals surface area contributed by atoms with E-state index in [0.29, 0.717) is 5.52 Å². The molecule has 0 bridgehead atoms. The Bertz CT molecular complexity index is 518. The van der Waals surface area contributed by atoms with Gasteiger partial charge in [0.15, 0.2) is 5.82 Å². The van der Waals surface area contributed by atoms with Gasteiger partial charge in [-0.2, -0.15) is 0 Å². The van der Waals surface area contributed by atoms with E-state index in [4.69, 9.17) is 27.9 Å². The zero-order chi connectivity index (χ0) is 12.5. The van der Waals surface area contributed by atoms with Crippen molar-refractivity contribution in [2.45, 2.75) is 11.3 Å². The van der Waals surface area contributed by atoms with Crippen LogP contribution < -0.4 is 0 Å². The smallest absolute Gasteiger partial charge is 0.350 e. The number of ether oxygens (including phenoxy) is 1. The topological polar surface area (TPSA) is 55.0 Å². The fourth-order valence-corrected chi connectivity index (χ4v) is 1.71. The van der Waals surface area contributed by atoms with E-state index in [1.54, 1.807) is 13.0 Å². The van der Waals surface area contributed by atoms with E-state index < -0.39 is 10.3 Å². The maximum Gasteiger partial charge on any atom is 0.350 e. The van der Waals surface area contributed by atoms with Crippen molar-refractivity contribution in [1.82, 2.24) is 9.97 Å². The van der Waals surface area contributed by atoms with Crippen LogP contribution in [0.2, 0.25) is 0 Å². The molecule has 0 amide bonds. The number of H-pyrrole nitrogens is 1. The van der Waals surface area contributed by atoms with Crippen LogP contribution in [0.5, 0.6) is 0 Å². The van der Waals surface area contributed by atoms with Crippen molar-refractivity contribution in [2.24, 2.45) is 0 Å². The Morgan fingerprint density at radius 2 is 2.18 bits per heavy atom. The third kappa shape index (κ3) is 2.23. The number of imidazole rings is 1. The molecule has 1 N–H and O–H groups in total. The highest BCUT2D eigenvalue weighted by Gasteiger charge is 2.40. The molecule has 90 valence electrons. The number of rotatable bonds is 3. The number of hydrogen-bond acceptors (Lipinski definition) is 3. The number of aromatic nitrogens is 2. The Labute approximate surface area is 108 Å². The van der Waals surface area contributed by atoms with Crippen LogP contribution in [0.3, 0.4) is 0 Å². The average molecular weight is 273 g/mol. The predicted octanol–water partition coefficient (Wildman–Crippen LogP) is 2.76. The van der Waals surface area contributed by atoms with E-state index in [-0.39, 0.29) is 12.4 Å². The van der Waals surface area contributed by atoms with Gasteiger partial charge in [-0.1, -0.05) is 35.3 Å². The van der Waals surface area contributed by atoms with Crippen LogP contribution in [0.15, 0.2) is 24.3 Å². The number of carbonyl (C=O) groups excluding carboxylic acids is 1. The van der Waals surface area contributed by atoms with Crippen molar-refractivity contribution in [3.63, 3.8) is 0 Å². The minimum absolute atomic E-state index is 0.167. The molecule has 4 nitrogen and oxygen atoms in total. The largest absolute Gasteiger partial charge is 0.463 e. The molecule has 0 radical (unpaired) electrons. The van der Waals surface area contributed by atoms with Crippen LogP contribution >= 0.6 is 23.2 Å². The monoisotopic (exact) mass is 272 g/mol. The average Bonchev–Trinajstić information content (AvgIpc) is 2.73. The van der Waals surface area contributed by atoms with Gasteiger partial charge >= 0.3 is 5.97 Å². The Kier molecular flexibility index (Phi) is 3.26. The zero-order valence-electron chi connectivity index (χ0n) is 9.04. The molecule has 17 heavy (non-hydrogen) atoms. The summed E-state index contributed by atoms with van der Waals surface area (Å²) in [7, 11) is 0. The summed E-state index contributed by atoms with van der Waals surface area (Å²) >= 11 is 11.9. The number of alkyl halides is 2. The lowest BCUT2D eigenvalue weighted by atomic mass is 10.3. The first-order chi connectivity index (χ1) is 8.05. The molecule has 0 spiro atoms. The molecule has 1 aromatic carbocycles. The molecule has 2 aromatic rings. The quantitative estimate of drug-likeness (QED) is 0.691. The predicted molar refractivity (Wildman–Crippen MR) is 66.1 cm³/mol. The fraction of sp³-hybridized carbons (Fsp3) is 0.273. The number of para-hydroxylation sites is 2. The second-order valence-electron chi connectivity index (χ2n) is 3.40. The van der Waals surface area contributed by atoms with Gasteiger partial charge in [-0.15, -0.1) is 0 Å². The van der Waals surface area contributed by atoms with Gasteiger partial charge in [0.25, 0.3) is 4.33 Å². The Morgan fingerprint density at radius 1 is 1.47 bits per heavy atom. The van der Waals surface area contributed by atoms with E-state index in [0.717, 1.165) is 5.52 Å². The molecule has 1 heterocycles. The van der Waals surface area contributed by atoms with Crippen LogP contribution in [0.1, 0.15) is 12.7 Å². The Balaban J connectivity index is 2.41. The van der Waals surface area contributed by atoms with Gasteiger partial charge in [-0.25, -0.2) is 9.78 Å². The number of halogens is 2. The summed E-state index contributed by atoms with van der Waals surface area (Å²) in [5, 5.41) is 0. The summed E-state index contributed by atoms with van der Waals surface area (Å²) in [5.41, 5.74) is 1.45. The first kappa shape index (κ1) is 12.2. The van der Waals surface area contributed by atoms with Crippen LogP contribution in [0, 0.1) is 0 Å². The summed E-state index contributed by atoms with van der Waals surface area (Å²) < 4.78 is 2.98. The second kappa shape index (κ2) is 4.55. The van der Waals surface area contributed by atoms with E-state index in [2.05, 4.69) is 9.97 Å². The minimum atomic E-state index is -1.81. The molecular weight excluding hydrogens is 263 g/mol. The van der Waals surface area contributed by atoms with Crippen LogP contribution in [-0.2, 0) is 13.9 Å². The maximum atomic E-state index is 11.6. The highest BCUT2D eigenvalue weighted by molar-refractivity contribution is 6.56. The van der Waals surface area contributed by atoms with Crippen molar-refractivity contribution in [1.29, 1.82) is 0 Å². The lowest BCUT2D eigenvalue weighted by Gasteiger charge is -2.14.